The van der Waals surface area contributed by atoms with Gasteiger partial charge in [0.25, 0.3) is 0 Å². The maximum atomic E-state index is 6.09. The van der Waals surface area contributed by atoms with Gasteiger partial charge in [-0.25, -0.2) is 4.98 Å². The first-order chi connectivity index (χ1) is 8.72. The second-order valence-electron chi connectivity index (χ2n) is 4.56. The Balaban J connectivity index is 1.88. The van der Waals surface area contributed by atoms with Crippen molar-refractivity contribution in [2.45, 2.75) is 19.3 Å². The molecule has 0 amide bonds. The fourth-order valence-corrected chi connectivity index (χ4v) is 2.55. The number of aryl methyl sites for hydroxylation is 2. The van der Waals surface area contributed by atoms with Gasteiger partial charge in [-0.1, -0.05) is 17.7 Å². The summed E-state index contributed by atoms with van der Waals surface area (Å²) in [6.07, 6.45) is 5.20. The highest BCUT2D eigenvalue weighted by Gasteiger charge is 2.11. The fraction of sp³-hybridized carbons (Fsp3) is 0.214. The molecule has 3 N–H and O–H groups in total. The summed E-state index contributed by atoms with van der Waals surface area (Å²) in [5.74, 6) is 0.642. The molecule has 1 aromatic heterocycles. The average molecular weight is 260 g/mol. The number of anilines is 3. The predicted molar refractivity (Wildman–Crippen MR) is 75.4 cm³/mol. The zero-order valence-corrected chi connectivity index (χ0v) is 10.7. The van der Waals surface area contributed by atoms with Crippen molar-refractivity contribution in [3.05, 3.63) is 46.6 Å². The van der Waals surface area contributed by atoms with Gasteiger partial charge in [0.2, 0.25) is 0 Å². The van der Waals surface area contributed by atoms with Crippen molar-refractivity contribution in [2.24, 2.45) is 0 Å². The molecule has 0 saturated heterocycles. The van der Waals surface area contributed by atoms with Crippen LogP contribution in [-0.2, 0) is 12.8 Å². The summed E-state index contributed by atoms with van der Waals surface area (Å²) in [6.45, 7) is 0. The molecule has 0 atom stereocenters. The minimum Gasteiger partial charge on any atom is -0.397 e. The molecule has 1 heterocycles. The zero-order chi connectivity index (χ0) is 12.5. The summed E-state index contributed by atoms with van der Waals surface area (Å²) in [6, 6.07) is 8.12. The SMILES string of the molecule is Nc1cnc(Nc2ccc3c(c2)CCC3)c(Cl)c1. The Bertz CT molecular complexity index is 596. The van der Waals surface area contributed by atoms with Gasteiger partial charge in [-0.05, 0) is 48.6 Å². The number of halogens is 1. The molecule has 18 heavy (non-hydrogen) atoms. The number of aromatic nitrogens is 1. The van der Waals surface area contributed by atoms with Crippen LogP contribution in [0.15, 0.2) is 30.5 Å². The van der Waals surface area contributed by atoms with Gasteiger partial charge in [0, 0.05) is 5.69 Å². The van der Waals surface area contributed by atoms with Gasteiger partial charge in [0.15, 0.2) is 0 Å². The molecule has 4 heteroatoms. The van der Waals surface area contributed by atoms with E-state index in [1.807, 2.05) is 0 Å². The second-order valence-corrected chi connectivity index (χ2v) is 4.97. The summed E-state index contributed by atoms with van der Waals surface area (Å²) in [7, 11) is 0. The molecule has 0 aliphatic heterocycles. The third-order valence-corrected chi connectivity index (χ3v) is 3.51. The molecule has 3 rings (SSSR count). The molecule has 2 aromatic rings. The van der Waals surface area contributed by atoms with Gasteiger partial charge in [-0.2, -0.15) is 0 Å². The van der Waals surface area contributed by atoms with Crippen molar-refractivity contribution in [1.82, 2.24) is 4.98 Å². The van der Waals surface area contributed by atoms with Crippen LogP contribution < -0.4 is 11.1 Å². The molecule has 0 bridgehead atoms. The van der Waals surface area contributed by atoms with Crippen LogP contribution >= 0.6 is 11.6 Å². The van der Waals surface area contributed by atoms with E-state index >= 15 is 0 Å². The lowest BCUT2D eigenvalue weighted by atomic mass is 10.1. The molecule has 92 valence electrons. The van der Waals surface area contributed by atoms with Crippen LogP contribution in [0.3, 0.4) is 0 Å². The first-order valence-corrected chi connectivity index (χ1v) is 6.40. The number of hydrogen-bond acceptors (Lipinski definition) is 3. The van der Waals surface area contributed by atoms with Crippen LogP contribution in [0, 0.1) is 0 Å². The van der Waals surface area contributed by atoms with E-state index in [0.717, 1.165) is 12.1 Å². The smallest absolute Gasteiger partial charge is 0.149 e. The van der Waals surface area contributed by atoms with Gasteiger partial charge in [0.05, 0.1) is 16.9 Å². The highest BCUT2D eigenvalue weighted by atomic mass is 35.5. The highest BCUT2D eigenvalue weighted by molar-refractivity contribution is 6.33. The third-order valence-electron chi connectivity index (χ3n) is 3.22. The van der Waals surface area contributed by atoms with E-state index in [9.17, 15) is 0 Å². The molecule has 1 aliphatic rings. The molecule has 3 nitrogen and oxygen atoms in total. The van der Waals surface area contributed by atoms with Crippen molar-refractivity contribution < 1.29 is 0 Å². The monoisotopic (exact) mass is 259 g/mol. The third kappa shape index (κ3) is 2.14. The molecule has 0 fully saturated rings. The Labute approximate surface area is 111 Å². The van der Waals surface area contributed by atoms with Crippen molar-refractivity contribution in [2.75, 3.05) is 11.1 Å². The minimum absolute atomic E-state index is 0.537. The molecule has 1 aliphatic carbocycles. The quantitative estimate of drug-likeness (QED) is 0.867. The van der Waals surface area contributed by atoms with Crippen molar-refractivity contribution >= 4 is 28.8 Å². The molecular weight excluding hydrogens is 246 g/mol. The molecule has 0 spiro atoms. The number of hydrogen-bond donors (Lipinski definition) is 2. The normalized spacial score (nSPS) is 13.4. The summed E-state index contributed by atoms with van der Waals surface area (Å²) in [5, 5.41) is 3.77. The van der Waals surface area contributed by atoms with Crippen LogP contribution in [0.4, 0.5) is 17.2 Å². The molecule has 1 aromatic carbocycles. The lowest BCUT2D eigenvalue weighted by molar-refractivity contribution is 0.912. The van der Waals surface area contributed by atoms with Crippen molar-refractivity contribution in [1.29, 1.82) is 0 Å². The van der Waals surface area contributed by atoms with Crippen LogP contribution in [0.5, 0.6) is 0 Å². The van der Waals surface area contributed by atoms with Gasteiger partial charge >= 0.3 is 0 Å². The lowest BCUT2D eigenvalue weighted by Gasteiger charge is -2.09. The summed E-state index contributed by atoms with van der Waals surface area (Å²) >= 11 is 6.09. The number of nitrogens with zero attached hydrogens (tertiary/aromatic N) is 1. The standard InChI is InChI=1S/C14H14ClN3/c15-13-7-11(16)8-17-14(13)18-12-5-4-9-2-1-3-10(9)6-12/h4-8H,1-3,16H2,(H,17,18). The van der Waals surface area contributed by atoms with E-state index in [4.69, 9.17) is 17.3 Å². The van der Waals surface area contributed by atoms with Gasteiger partial charge in [0.1, 0.15) is 5.82 Å². The number of nitrogens with one attached hydrogen (secondary N) is 1. The summed E-state index contributed by atoms with van der Waals surface area (Å²) in [4.78, 5) is 4.20. The maximum Gasteiger partial charge on any atom is 0.149 e. The Kier molecular flexibility index (Phi) is 2.84. The number of fused-ring (bicyclic) bond motifs is 1. The number of nitrogen functional groups attached to an aromatic ring is 1. The predicted octanol–water partition coefficient (Wildman–Crippen LogP) is 3.55. The van der Waals surface area contributed by atoms with E-state index < -0.39 is 0 Å². The van der Waals surface area contributed by atoms with E-state index in [0.29, 0.717) is 16.5 Å². The maximum absolute atomic E-state index is 6.09. The second kappa shape index (κ2) is 4.50. The zero-order valence-electron chi connectivity index (χ0n) is 9.91. The van der Waals surface area contributed by atoms with Crippen LogP contribution in [0.25, 0.3) is 0 Å². The molecule has 0 radical (unpaired) electrons. The first-order valence-electron chi connectivity index (χ1n) is 6.02. The van der Waals surface area contributed by atoms with Gasteiger partial charge in [-0.3, -0.25) is 0 Å². The van der Waals surface area contributed by atoms with Gasteiger partial charge in [-0.15, -0.1) is 0 Å². The molecule has 0 unspecified atom stereocenters. The van der Waals surface area contributed by atoms with E-state index in [2.05, 4.69) is 28.5 Å². The topological polar surface area (TPSA) is 50.9 Å². The number of rotatable bonds is 2. The van der Waals surface area contributed by atoms with E-state index in [1.165, 1.54) is 24.0 Å². The fourth-order valence-electron chi connectivity index (χ4n) is 2.33. The van der Waals surface area contributed by atoms with Crippen LogP contribution in [0.2, 0.25) is 5.02 Å². The Morgan fingerprint density at radius 3 is 2.83 bits per heavy atom. The van der Waals surface area contributed by atoms with Gasteiger partial charge < -0.3 is 11.1 Å². The van der Waals surface area contributed by atoms with Crippen molar-refractivity contribution in [3.8, 4) is 0 Å². The number of nitrogens with two attached hydrogens (primary N) is 1. The van der Waals surface area contributed by atoms with Crippen LogP contribution in [-0.4, -0.2) is 4.98 Å². The Morgan fingerprint density at radius 2 is 2.00 bits per heavy atom. The van der Waals surface area contributed by atoms with E-state index in [-0.39, 0.29) is 0 Å². The highest BCUT2D eigenvalue weighted by Crippen LogP contribution is 2.28. The number of pyridine rings is 1. The Morgan fingerprint density at radius 1 is 1.17 bits per heavy atom. The van der Waals surface area contributed by atoms with Crippen LogP contribution in [0.1, 0.15) is 17.5 Å². The minimum atomic E-state index is 0.537. The van der Waals surface area contributed by atoms with Crippen molar-refractivity contribution in [3.63, 3.8) is 0 Å². The summed E-state index contributed by atoms with van der Waals surface area (Å²) < 4.78 is 0. The molecular formula is C14H14ClN3. The summed E-state index contributed by atoms with van der Waals surface area (Å²) in [5.41, 5.74) is 10.1. The lowest BCUT2D eigenvalue weighted by Crippen LogP contribution is -1.97. The van der Waals surface area contributed by atoms with E-state index in [1.54, 1.807) is 12.3 Å². The number of benzene rings is 1. The Hall–Kier alpha value is -1.74. The largest absolute Gasteiger partial charge is 0.397 e. The molecule has 0 saturated carbocycles. The average Bonchev–Trinajstić information content (AvgIpc) is 2.80. The first kappa shape index (κ1) is 11.4.